The molecule has 23 heavy (non-hydrogen) atoms. The van der Waals surface area contributed by atoms with Crippen LogP contribution in [0.2, 0.25) is 5.02 Å². The molecular formula is C17H14ClN3OS. The molecule has 1 N–H and O–H groups in total. The predicted molar refractivity (Wildman–Crippen MR) is 92.2 cm³/mol. The molecular weight excluding hydrogens is 330 g/mol. The molecule has 4 nitrogen and oxygen atoms in total. The molecule has 4 rings (SSSR count). The lowest BCUT2D eigenvalue weighted by Crippen LogP contribution is -2.24. The molecule has 0 saturated carbocycles. The van der Waals surface area contributed by atoms with E-state index in [4.69, 9.17) is 11.6 Å². The molecule has 0 aliphatic carbocycles. The second-order valence-electron chi connectivity index (χ2n) is 5.56. The minimum absolute atomic E-state index is 0.0228. The first-order valence-electron chi connectivity index (χ1n) is 7.33. The number of halogens is 1. The Kier molecular flexibility index (Phi) is 3.67. The Morgan fingerprint density at radius 1 is 1.35 bits per heavy atom. The molecule has 116 valence electrons. The van der Waals surface area contributed by atoms with E-state index in [1.165, 1.54) is 5.56 Å². The standard InChI is InChI=1S/C17H14ClN3OS/c18-15-4-2-1-3-11(15)9-21-17-14(8-19-21)13(7-16(22)20-17)12-5-6-23-10-12/h1-6,8,10,13H,7,9H2,(H,20,22)/t13-/m0/s1. The van der Waals surface area contributed by atoms with Gasteiger partial charge in [-0.2, -0.15) is 16.4 Å². The number of nitrogens with zero attached hydrogens (tertiary/aromatic N) is 2. The average Bonchev–Trinajstić information content (AvgIpc) is 3.19. The lowest BCUT2D eigenvalue weighted by Gasteiger charge is -2.23. The van der Waals surface area contributed by atoms with E-state index in [1.807, 2.05) is 40.5 Å². The lowest BCUT2D eigenvalue weighted by molar-refractivity contribution is -0.116. The van der Waals surface area contributed by atoms with Gasteiger partial charge in [0.05, 0.1) is 12.7 Å². The zero-order valence-electron chi connectivity index (χ0n) is 12.2. The lowest BCUT2D eigenvalue weighted by atomic mass is 9.89. The van der Waals surface area contributed by atoms with Crippen molar-refractivity contribution in [1.82, 2.24) is 9.78 Å². The van der Waals surface area contributed by atoms with Gasteiger partial charge < -0.3 is 5.32 Å². The largest absolute Gasteiger partial charge is 0.311 e. The summed E-state index contributed by atoms with van der Waals surface area (Å²) in [5.74, 6) is 0.872. The van der Waals surface area contributed by atoms with Gasteiger partial charge in [-0.15, -0.1) is 0 Å². The van der Waals surface area contributed by atoms with E-state index in [-0.39, 0.29) is 11.8 Å². The van der Waals surface area contributed by atoms with E-state index in [9.17, 15) is 4.79 Å². The average molecular weight is 344 g/mol. The molecule has 0 radical (unpaired) electrons. The topological polar surface area (TPSA) is 46.9 Å². The van der Waals surface area contributed by atoms with Crippen LogP contribution in [0.5, 0.6) is 0 Å². The van der Waals surface area contributed by atoms with Crippen molar-refractivity contribution in [2.24, 2.45) is 0 Å². The van der Waals surface area contributed by atoms with Crippen LogP contribution in [0.25, 0.3) is 0 Å². The van der Waals surface area contributed by atoms with Gasteiger partial charge in [0.15, 0.2) is 0 Å². The summed E-state index contributed by atoms with van der Waals surface area (Å²) >= 11 is 7.88. The molecule has 6 heteroatoms. The molecule has 3 heterocycles. The van der Waals surface area contributed by atoms with Crippen LogP contribution in [0, 0.1) is 0 Å². The molecule has 1 aromatic carbocycles. The van der Waals surface area contributed by atoms with Crippen LogP contribution in [-0.2, 0) is 11.3 Å². The van der Waals surface area contributed by atoms with E-state index in [0.717, 1.165) is 16.9 Å². The predicted octanol–water partition coefficient (Wildman–Crippen LogP) is 4.12. The summed E-state index contributed by atoms with van der Waals surface area (Å²) in [7, 11) is 0. The van der Waals surface area contributed by atoms with Crippen LogP contribution in [0.15, 0.2) is 47.3 Å². The van der Waals surface area contributed by atoms with Gasteiger partial charge in [-0.3, -0.25) is 4.79 Å². The maximum absolute atomic E-state index is 12.1. The first kappa shape index (κ1) is 14.5. The number of hydrogen-bond acceptors (Lipinski definition) is 3. The third-order valence-electron chi connectivity index (χ3n) is 4.11. The minimum atomic E-state index is 0.0228. The number of hydrogen-bond donors (Lipinski definition) is 1. The summed E-state index contributed by atoms with van der Waals surface area (Å²) in [6.45, 7) is 0.533. The number of aromatic nitrogens is 2. The molecule has 1 amide bonds. The highest BCUT2D eigenvalue weighted by atomic mass is 35.5. The Balaban J connectivity index is 1.72. The Morgan fingerprint density at radius 3 is 3.00 bits per heavy atom. The summed E-state index contributed by atoms with van der Waals surface area (Å²) in [5, 5.41) is 12.3. The van der Waals surface area contributed by atoms with Crippen molar-refractivity contribution in [3.05, 3.63) is 69.0 Å². The molecule has 3 aromatic rings. The molecule has 2 aromatic heterocycles. The zero-order chi connectivity index (χ0) is 15.8. The van der Waals surface area contributed by atoms with Crippen LogP contribution < -0.4 is 5.32 Å². The zero-order valence-corrected chi connectivity index (χ0v) is 13.8. The highest BCUT2D eigenvalue weighted by Crippen LogP contribution is 2.38. The molecule has 0 bridgehead atoms. The maximum atomic E-state index is 12.1. The molecule has 0 unspecified atom stereocenters. The number of nitrogens with one attached hydrogen (secondary N) is 1. The Morgan fingerprint density at radius 2 is 2.22 bits per heavy atom. The Bertz CT molecular complexity index is 857. The summed E-state index contributed by atoms with van der Waals surface area (Å²) in [5.41, 5.74) is 3.21. The number of benzene rings is 1. The fourth-order valence-corrected chi connectivity index (χ4v) is 3.86. The number of fused-ring (bicyclic) bond motifs is 1. The van der Waals surface area contributed by atoms with Gasteiger partial charge in [-0.05, 0) is 34.0 Å². The maximum Gasteiger partial charge on any atom is 0.226 e. The number of carbonyl (C=O) groups is 1. The second-order valence-corrected chi connectivity index (χ2v) is 6.75. The minimum Gasteiger partial charge on any atom is -0.311 e. The van der Waals surface area contributed by atoms with Crippen molar-refractivity contribution in [2.75, 3.05) is 5.32 Å². The quantitative estimate of drug-likeness (QED) is 0.777. The van der Waals surface area contributed by atoms with Crippen LogP contribution >= 0.6 is 22.9 Å². The Hall–Kier alpha value is -2.11. The van der Waals surface area contributed by atoms with E-state index in [1.54, 1.807) is 11.3 Å². The number of anilines is 1. The van der Waals surface area contributed by atoms with Crippen LogP contribution in [0.3, 0.4) is 0 Å². The van der Waals surface area contributed by atoms with Crippen LogP contribution in [0.1, 0.15) is 29.0 Å². The molecule has 0 saturated heterocycles. The molecule has 0 fully saturated rings. The third-order valence-corrected chi connectivity index (χ3v) is 5.18. The van der Waals surface area contributed by atoms with E-state index in [0.29, 0.717) is 18.0 Å². The normalized spacial score (nSPS) is 16.9. The summed E-state index contributed by atoms with van der Waals surface area (Å²) in [4.78, 5) is 12.1. The van der Waals surface area contributed by atoms with Gasteiger partial charge in [0.25, 0.3) is 0 Å². The number of amides is 1. The van der Waals surface area contributed by atoms with Crippen molar-refractivity contribution in [2.45, 2.75) is 18.9 Å². The van der Waals surface area contributed by atoms with Crippen molar-refractivity contribution in [3.8, 4) is 0 Å². The highest BCUT2D eigenvalue weighted by molar-refractivity contribution is 7.08. The van der Waals surface area contributed by atoms with Gasteiger partial charge in [0.2, 0.25) is 5.91 Å². The number of thiophene rings is 1. The van der Waals surface area contributed by atoms with Gasteiger partial charge in [-0.1, -0.05) is 29.8 Å². The highest BCUT2D eigenvalue weighted by Gasteiger charge is 2.30. The van der Waals surface area contributed by atoms with Crippen LogP contribution in [0.4, 0.5) is 5.82 Å². The summed E-state index contributed by atoms with van der Waals surface area (Å²) in [6.07, 6.45) is 2.31. The number of rotatable bonds is 3. The molecule has 1 aliphatic heterocycles. The van der Waals surface area contributed by atoms with Crippen molar-refractivity contribution in [3.63, 3.8) is 0 Å². The van der Waals surface area contributed by atoms with Crippen molar-refractivity contribution >= 4 is 34.7 Å². The van der Waals surface area contributed by atoms with E-state index in [2.05, 4.69) is 21.9 Å². The molecule has 1 atom stereocenters. The summed E-state index contributed by atoms with van der Waals surface area (Å²) < 4.78 is 1.81. The monoisotopic (exact) mass is 343 g/mol. The fourth-order valence-electron chi connectivity index (χ4n) is 2.95. The van der Waals surface area contributed by atoms with Crippen molar-refractivity contribution in [1.29, 1.82) is 0 Å². The fraction of sp³-hybridized carbons (Fsp3) is 0.176. The van der Waals surface area contributed by atoms with Gasteiger partial charge in [0.1, 0.15) is 5.82 Å². The second kappa shape index (κ2) is 5.83. The first-order valence-corrected chi connectivity index (χ1v) is 8.65. The molecule has 1 aliphatic rings. The third kappa shape index (κ3) is 2.66. The van der Waals surface area contributed by atoms with E-state index >= 15 is 0 Å². The van der Waals surface area contributed by atoms with Crippen LogP contribution in [-0.4, -0.2) is 15.7 Å². The van der Waals surface area contributed by atoms with E-state index < -0.39 is 0 Å². The summed E-state index contributed by atoms with van der Waals surface area (Å²) in [6, 6.07) is 9.75. The first-order chi connectivity index (χ1) is 11.2. The SMILES string of the molecule is O=C1C[C@@H](c2ccsc2)c2cnn(Cc3ccccc3Cl)c2N1. The van der Waals surface area contributed by atoms with Gasteiger partial charge >= 0.3 is 0 Å². The van der Waals surface area contributed by atoms with Gasteiger partial charge in [0, 0.05) is 22.9 Å². The van der Waals surface area contributed by atoms with Gasteiger partial charge in [-0.25, -0.2) is 4.68 Å². The Labute approximate surface area is 142 Å². The smallest absolute Gasteiger partial charge is 0.226 e. The number of carbonyl (C=O) groups excluding carboxylic acids is 1. The molecule has 0 spiro atoms. The van der Waals surface area contributed by atoms with Crippen molar-refractivity contribution < 1.29 is 4.79 Å².